The van der Waals surface area contributed by atoms with Gasteiger partial charge in [0, 0.05) is 10.0 Å². The van der Waals surface area contributed by atoms with Crippen LogP contribution in [0.5, 0.6) is 0 Å². The second kappa shape index (κ2) is 3.47. The van der Waals surface area contributed by atoms with Gasteiger partial charge < -0.3 is 0 Å². The van der Waals surface area contributed by atoms with E-state index < -0.39 is 12.2 Å². The summed E-state index contributed by atoms with van der Waals surface area (Å²) in [5, 5.41) is 0. The van der Waals surface area contributed by atoms with Crippen LogP contribution in [0.3, 0.4) is 0 Å². The first kappa shape index (κ1) is 9.58. The van der Waals surface area contributed by atoms with Crippen LogP contribution in [0.25, 0.3) is 0 Å². The predicted octanol–water partition coefficient (Wildman–Crippen LogP) is 3.83. The van der Waals surface area contributed by atoms with Gasteiger partial charge in [-0.25, -0.2) is 13.2 Å². The molecule has 0 heterocycles. The Morgan fingerprint density at radius 3 is 2.42 bits per heavy atom. The number of hydrogen-bond acceptors (Lipinski definition) is 0. The summed E-state index contributed by atoms with van der Waals surface area (Å²) in [6.07, 6.45) is -2.63. The molecular formula is C8H6BrF3. The number of benzene rings is 1. The number of alkyl halides is 2. The lowest BCUT2D eigenvalue weighted by atomic mass is 10.1. The smallest absolute Gasteiger partial charge is 0.207 e. The molecule has 12 heavy (non-hydrogen) atoms. The Hall–Kier alpha value is -0.510. The average Bonchev–Trinajstić information content (AvgIpc) is 1.96. The first-order chi connectivity index (χ1) is 5.52. The first-order valence-electron chi connectivity index (χ1n) is 3.26. The third-order valence-electron chi connectivity index (χ3n) is 1.58. The number of rotatable bonds is 1. The molecule has 0 saturated carbocycles. The minimum Gasteiger partial charge on any atom is -0.207 e. The molecular weight excluding hydrogens is 233 g/mol. The first-order valence-corrected chi connectivity index (χ1v) is 4.05. The second-order valence-corrected chi connectivity index (χ2v) is 3.26. The highest BCUT2D eigenvalue weighted by Crippen LogP contribution is 2.28. The Balaban J connectivity index is 3.28. The number of hydrogen-bond donors (Lipinski definition) is 0. The van der Waals surface area contributed by atoms with E-state index in [-0.39, 0.29) is 5.56 Å². The van der Waals surface area contributed by atoms with Crippen molar-refractivity contribution in [1.82, 2.24) is 0 Å². The summed E-state index contributed by atoms with van der Waals surface area (Å²) in [4.78, 5) is 0. The minimum absolute atomic E-state index is 0.262. The van der Waals surface area contributed by atoms with E-state index in [9.17, 15) is 13.2 Å². The average molecular weight is 239 g/mol. The van der Waals surface area contributed by atoms with E-state index in [0.29, 0.717) is 10.0 Å². The highest BCUT2D eigenvalue weighted by Gasteiger charge is 2.13. The van der Waals surface area contributed by atoms with Crippen molar-refractivity contribution in [3.63, 3.8) is 0 Å². The van der Waals surface area contributed by atoms with Crippen molar-refractivity contribution in [2.45, 2.75) is 13.3 Å². The summed E-state index contributed by atoms with van der Waals surface area (Å²) < 4.78 is 37.4. The quantitative estimate of drug-likeness (QED) is 0.698. The minimum atomic E-state index is -2.63. The molecule has 0 aliphatic heterocycles. The molecule has 0 aliphatic rings. The summed E-state index contributed by atoms with van der Waals surface area (Å²) in [7, 11) is 0. The van der Waals surface area contributed by atoms with Gasteiger partial charge in [0.15, 0.2) is 0 Å². The van der Waals surface area contributed by atoms with Crippen LogP contribution >= 0.6 is 15.9 Å². The van der Waals surface area contributed by atoms with Gasteiger partial charge in [-0.15, -0.1) is 0 Å². The lowest BCUT2D eigenvalue weighted by molar-refractivity contribution is 0.150. The molecule has 0 saturated heterocycles. The summed E-state index contributed by atoms with van der Waals surface area (Å²) in [6, 6.07) is 2.02. The molecule has 0 unspecified atom stereocenters. The molecule has 0 aliphatic carbocycles. The zero-order chi connectivity index (χ0) is 9.30. The molecule has 0 N–H and O–H groups in total. The van der Waals surface area contributed by atoms with Gasteiger partial charge in [-0.2, -0.15) is 0 Å². The molecule has 66 valence electrons. The number of halogens is 4. The van der Waals surface area contributed by atoms with E-state index in [4.69, 9.17) is 0 Å². The van der Waals surface area contributed by atoms with Crippen molar-refractivity contribution in [1.29, 1.82) is 0 Å². The molecule has 0 radical (unpaired) electrons. The lowest BCUT2D eigenvalue weighted by Gasteiger charge is -2.06. The van der Waals surface area contributed by atoms with Crippen molar-refractivity contribution in [3.8, 4) is 0 Å². The lowest BCUT2D eigenvalue weighted by Crippen LogP contribution is -1.92. The summed E-state index contributed by atoms with van der Waals surface area (Å²) in [5.74, 6) is -0.650. The Morgan fingerprint density at radius 1 is 1.33 bits per heavy atom. The van der Waals surface area contributed by atoms with Crippen LogP contribution in [0.4, 0.5) is 13.2 Å². The van der Waals surface area contributed by atoms with Crippen LogP contribution < -0.4 is 0 Å². The largest absolute Gasteiger partial charge is 0.264 e. The maximum absolute atomic E-state index is 12.6. The van der Waals surface area contributed by atoms with E-state index in [0.717, 1.165) is 6.07 Å². The standard InChI is InChI=1S/C8H6BrF3/c1-4-6(8(11)12)2-5(10)3-7(4)9/h2-3,8H,1H3. The molecule has 0 atom stereocenters. The van der Waals surface area contributed by atoms with Gasteiger partial charge in [-0.3, -0.25) is 0 Å². The Morgan fingerprint density at radius 2 is 1.92 bits per heavy atom. The van der Waals surface area contributed by atoms with E-state index in [2.05, 4.69) is 15.9 Å². The van der Waals surface area contributed by atoms with Crippen molar-refractivity contribution in [2.24, 2.45) is 0 Å². The van der Waals surface area contributed by atoms with Gasteiger partial charge in [-0.05, 0) is 24.6 Å². The molecule has 4 heteroatoms. The van der Waals surface area contributed by atoms with Gasteiger partial charge in [0.25, 0.3) is 6.43 Å². The monoisotopic (exact) mass is 238 g/mol. The fourth-order valence-electron chi connectivity index (χ4n) is 0.892. The third kappa shape index (κ3) is 1.80. The Bertz CT molecular complexity index is 297. The molecule has 0 aromatic heterocycles. The zero-order valence-electron chi connectivity index (χ0n) is 6.24. The van der Waals surface area contributed by atoms with Crippen LogP contribution in [0.1, 0.15) is 17.6 Å². The van der Waals surface area contributed by atoms with Crippen molar-refractivity contribution in [3.05, 3.63) is 33.5 Å². The molecule has 0 fully saturated rings. The summed E-state index contributed by atoms with van der Waals surface area (Å²) in [6.45, 7) is 1.52. The van der Waals surface area contributed by atoms with Crippen molar-refractivity contribution in [2.75, 3.05) is 0 Å². The van der Waals surface area contributed by atoms with E-state index in [1.807, 2.05) is 0 Å². The van der Waals surface area contributed by atoms with Crippen LogP contribution in [0.2, 0.25) is 0 Å². The fraction of sp³-hybridized carbons (Fsp3) is 0.250. The molecule has 0 bridgehead atoms. The van der Waals surface area contributed by atoms with Gasteiger partial charge in [0.1, 0.15) is 5.82 Å². The predicted molar refractivity (Wildman–Crippen MR) is 43.8 cm³/mol. The van der Waals surface area contributed by atoms with Crippen LogP contribution in [-0.4, -0.2) is 0 Å². The third-order valence-corrected chi connectivity index (χ3v) is 2.41. The summed E-state index contributed by atoms with van der Waals surface area (Å²) >= 11 is 2.99. The van der Waals surface area contributed by atoms with Gasteiger partial charge in [-0.1, -0.05) is 15.9 Å². The summed E-state index contributed by atoms with van der Waals surface area (Å²) in [5.41, 5.74) is 0.119. The van der Waals surface area contributed by atoms with Gasteiger partial charge >= 0.3 is 0 Å². The molecule has 0 nitrogen and oxygen atoms in total. The van der Waals surface area contributed by atoms with Crippen molar-refractivity contribution < 1.29 is 13.2 Å². The van der Waals surface area contributed by atoms with E-state index in [1.54, 1.807) is 0 Å². The van der Waals surface area contributed by atoms with Gasteiger partial charge in [0.05, 0.1) is 0 Å². The zero-order valence-corrected chi connectivity index (χ0v) is 7.83. The molecule has 1 aromatic rings. The van der Waals surface area contributed by atoms with E-state index in [1.165, 1.54) is 13.0 Å². The highest BCUT2D eigenvalue weighted by atomic mass is 79.9. The molecule has 1 rings (SSSR count). The maximum atomic E-state index is 12.6. The Labute approximate surface area is 76.5 Å². The topological polar surface area (TPSA) is 0 Å². The maximum Gasteiger partial charge on any atom is 0.264 e. The SMILES string of the molecule is Cc1c(Br)cc(F)cc1C(F)F. The normalized spacial score (nSPS) is 10.8. The van der Waals surface area contributed by atoms with Crippen LogP contribution in [0.15, 0.2) is 16.6 Å². The van der Waals surface area contributed by atoms with Crippen molar-refractivity contribution >= 4 is 15.9 Å². The molecule has 0 spiro atoms. The van der Waals surface area contributed by atoms with Gasteiger partial charge in [0.2, 0.25) is 0 Å². The fourth-order valence-corrected chi connectivity index (χ4v) is 1.34. The highest BCUT2D eigenvalue weighted by molar-refractivity contribution is 9.10. The molecule has 0 amide bonds. The molecule has 1 aromatic carbocycles. The second-order valence-electron chi connectivity index (χ2n) is 2.40. The van der Waals surface area contributed by atoms with E-state index >= 15 is 0 Å². The van der Waals surface area contributed by atoms with Crippen LogP contribution in [-0.2, 0) is 0 Å². The van der Waals surface area contributed by atoms with Crippen LogP contribution in [0, 0.1) is 12.7 Å². The Kier molecular flexibility index (Phi) is 2.77.